The fourth-order valence-electron chi connectivity index (χ4n) is 13.7. The summed E-state index contributed by atoms with van der Waals surface area (Å²) >= 11 is 8.34. The van der Waals surface area contributed by atoms with Crippen LogP contribution < -0.4 is 84.9 Å². The van der Waals surface area contributed by atoms with E-state index in [1.165, 1.54) is 19.2 Å². The molecule has 0 bridgehead atoms. The molecule has 46 nitrogen and oxygen atoms in total. The number of para-hydroxylation sites is 2. The average Bonchev–Trinajstić information content (AvgIpc) is 1.64. The van der Waals surface area contributed by atoms with Gasteiger partial charge in [0.15, 0.2) is 17.6 Å². The second-order valence-electron chi connectivity index (χ2n) is 33.8. The number of aliphatic hydroxyl groups excluding tert-OH is 1. The summed E-state index contributed by atoms with van der Waals surface area (Å²) in [6.07, 6.45) is -2.91. The quantitative estimate of drug-likeness (QED) is 0.00868. The number of nitrogens with two attached hydrogens (primary N) is 1. The molecular formula is C91H132FN17O29S2. The fourth-order valence-corrected chi connectivity index (χ4v) is 14.2. The number of aliphatic carboxylic acids is 3. The molecule has 3 aromatic carbocycles. The van der Waals surface area contributed by atoms with Crippen LogP contribution in [-0.4, -0.2) is 319 Å². The summed E-state index contributed by atoms with van der Waals surface area (Å²) < 4.78 is 53.4. The maximum atomic E-state index is 15.7. The number of halogens is 1. The Balaban J connectivity index is 1.36. The highest BCUT2D eigenvalue weighted by Gasteiger charge is 2.39. The van der Waals surface area contributed by atoms with Crippen LogP contribution >= 0.6 is 25.3 Å². The van der Waals surface area contributed by atoms with Gasteiger partial charge in [0, 0.05) is 85.0 Å². The lowest BCUT2D eigenvalue weighted by molar-refractivity contribution is -0.145. The van der Waals surface area contributed by atoms with Crippen LogP contribution in [0.2, 0.25) is 0 Å². The minimum Gasteiger partial charge on any atom is -0.481 e. The Labute approximate surface area is 818 Å². The molecule has 49 heteroatoms. The minimum absolute atomic E-state index is 0.0893. The van der Waals surface area contributed by atoms with Gasteiger partial charge < -0.3 is 144 Å². The first-order chi connectivity index (χ1) is 66.5. The molecule has 0 radical (unpaired) electrons. The molecule has 0 aliphatic heterocycles. The van der Waals surface area contributed by atoms with Crippen LogP contribution in [0.4, 0.5) is 4.39 Å². The third kappa shape index (κ3) is 43.1. The number of carbonyl (C=O) groups is 18. The van der Waals surface area contributed by atoms with E-state index in [2.05, 4.69) is 110 Å². The largest absolute Gasteiger partial charge is 0.481 e. The summed E-state index contributed by atoms with van der Waals surface area (Å²) in [4.78, 5) is 252. The van der Waals surface area contributed by atoms with Crippen molar-refractivity contribution in [3.05, 3.63) is 102 Å². The van der Waals surface area contributed by atoms with E-state index >= 15 is 14.0 Å². The Bertz CT molecular complexity index is 4950. The number of carboxylic acid groups (broad SMARTS) is 3. The molecule has 2 heterocycles. The van der Waals surface area contributed by atoms with E-state index in [-0.39, 0.29) is 82.4 Å². The van der Waals surface area contributed by atoms with Gasteiger partial charge in [0.25, 0.3) is 0 Å². The van der Waals surface area contributed by atoms with Gasteiger partial charge in [-0.1, -0.05) is 84.0 Å². The monoisotopic (exact) mass is 2010 g/mol. The molecule has 774 valence electrons. The summed E-state index contributed by atoms with van der Waals surface area (Å²) in [5, 5.41) is 74.4. The number of thiol groups is 2. The lowest BCUT2D eigenvalue weighted by Crippen LogP contribution is -2.61. The molecule has 0 aliphatic carbocycles. The number of carbonyl (C=O) groups excluding carboxylic acids is 15. The van der Waals surface area contributed by atoms with E-state index in [9.17, 15) is 97.1 Å². The number of hydrogen-bond donors (Lipinski definition) is 23. The Morgan fingerprint density at radius 2 is 0.843 bits per heavy atom. The lowest BCUT2D eigenvalue weighted by atomic mass is 9.98. The van der Waals surface area contributed by atoms with Crippen molar-refractivity contribution in [2.24, 2.45) is 23.5 Å². The van der Waals surface area contributed by atoms with Crippen molar-refractivity contribution in [1.29, 1.82) is 0 Å². The molecule has 5 aromatic rings. The number of aliphatic hydroxyl groups is 1. The van der Waals surface area contributed by atoms with E-state index < -0.39 is 253 Å². The van der Waals surface area contributed by atoms with E-state index in [0.717, 1.165) is 26.0 Å². The number of ether oxygens (including phenoxy) is 7. The van der Waals surface area contributed by atoms with Crippen LogP contribution in [0, 0.1) is 23.6 Å². The number of aromatic amines is 2. The molecule has 140 heavy (non-hydrogen) atoms. The molecule has 22 N–H and O–H groups in total. The van der Waals surface area contributed by atoms with Crippen molar-refractivity contribution >= 4 is 154 Å². The predicted octanol–water partition coefficient (Wildman–Crippen LogP) is -1.98. The van der Waals surface area contributed by atoms with E-state index in [1.807, 2.05) is 0 Å². The second kappa shape index (κ2) is 62.5. The van der Waals surface area contributed by atoms with Crippen molar-refractivity contribution in [2.45, 2.75) is 205 Å². The van der Waals surface area contributed by atoms with Crippen LogP contribution in [0.1, 0.15) is 124 Å². The maximum absolute atomic E-state index is 15.7. The summed E-state index contributed by atoms with van der Waals surface area (Å²) in [7, 11) is 0. The number of fused-ring (bicyclic) bond motifs is 2. The van der Waals surface area contributed by atoms with Gasteiger partial charge in [0.2, 0.25) is 82.7 Å². The molecule has 14 amide bonds. The third-order valence-corrected chi connectivity index (χ3v) is 21.7. The lowest BCUT2D eigenvalue weighted by Gasteiger charge is -2.29. The number of rotatable bonds is 68. The average molecular weight is 2010 g/mol. The highest BCUT2D eigenvalue weighted by molar-refractivity contribution is 7.80. The number of H-pyrrole nitrogens is 2. The third-order valence-electron chi connectivity index (χ3n) is 20.9. The molecule has 2 aromatic heterocycles. The zero-order valence-corrected chi connectivity index (χ0v) is 81.3. The first-order valence-electron chi connectivity index (χ1n) is 45.5. The van der Waals surface area contributed by atoms with Crippen LogP contribution in [-0.2, 0) is 134 Å². The highest BCUT2D eigenvalue weighted by atomic mass is 32.1. The standard InChI is InChI=1S/C91H132FN17O29S2/c1-49(2)36-64(81(120)97-46-74(113)100-63(19-21-75(114)115)82(121)103-65(37-50(3)4)87(126)108-78(51(5)6)90(129)105-67(40-57-45-95-62-17-13-11-15-59(57)62)84(123)107-71(48-140)89(128)109-79(53(8)110)91(130)131)102-85(124)68(41-73(112)96-43-55-18-20-72(60(92)38-55)138-77(118)22-24-132-26-28-134-30-32-136-34-35-137-33-31-135-29-27-133-25-23-93)104-83(122)66(39-56-44-94-61-16-12-10-14-58(56)61)101-80(119)52(7)98-88(127)70(47-139)106-86(125)69(42-76(116)117)99-54(9)111/h10-18,20,38,44-45,49-53,63-71,78-79,94-95,110,139-140H,19,21-37,39-43,46-48,93H2,1-9H3,(H,96,112)(H,97,120)(H,98,127)(H,99,111)(H,100,113)(H,101,119)(H,102,124)(H,103,121)(H,104,122)(H,105,129)(H,106,125)(H,107,123)(H,108,126)(H,109,128)(H,114,115)(H,116,117)(H,130,131)/t52-,53+,63-,64-,65-,66-,67-,68-,69-,70-,71-,78-,79-/m0/s1. The van der Waals surface area contributed by atoms with E-state index in [1.54, 1.807) is 96.3 Å². The number of amides is 14. The minimum atomic E-state index is -2.01. The zero-order valence-electron chi connectivity index (χ0n) is 79.5. The molecule has 5 rings (SSSR count). The first-order valence-corrected chi connectivity index (χ1v) is 46.8. The maximum Gasteiger partial charge on any atom is 0.328 e. The molecule has 0 unspecified atom stereocenters. The van der Waals surface area contributed by atoms with E-state index in [4.69, 9.17) is 38.9 Å². The number of esters is 1. The van der Waals surface area contributed by atoms with Gasteiger partial charge in [-0.05, 0) is 91.8 Å². The van der Waals surface area contributed by atoms with Gasteiger partial charge in [-0.3, -0.25) is 81.5 Å². The number of benzene rings is 3. The molecule has 0 aliphatic rings. The summed E-state index contributed by atoms with van der Waals surface area (Å²) in [6.45, 7) is 15.6. The van der Waals surface area contributed by atoms with Gasteiger partial charge in [-0.15, -0.1) is 0 Å². The van der Waals surface area contributed by atoms with Crippen molar-refractivity contribution in [3.63, 3.8) is 0 Å². The molecule has 0 fully saturated rings. The van der Waals surface area contributed by atoms with E-state index in [0.29, 0.717) is 85.7 Å². The normalized spacial score (nSPS) is 14.1. The Morgan fingerprint density at radius 1 is 0.421 bits per heavy atom. The number of aromatic nitrogens is 2. The Kier molecular flexibility index (Phi) is 52.7. The second-order valence-corrected chi connectivity index (χ2v) is 34.5. The SMILES string of the molecule is CC(=O)N[C@@H](CC(=O)O)C(=O)N[C@@H](CS)C(=O)N[C@@H](C)C(=O)N[C@@H](Cc1c[nH]c2ccccc12)C(=O)N[C@@H](CC(=O)NCc1ccc(OC(=O)CCOCCOCCOCCOCCOCCOCCN)c(F)c1)C(=O)N[C@@H](CC(C)C)C(=O)NCC(=O)N[C@@H](CCC(=O)O)C(=O)N[C@@H](CC(C)C)C(=O)N[C@H](C(=O)N[C@@H](Cc1c[nH]c2ccccc12)C(=O)N[C@@H](CS)C(=O)N[C@H](C(=O)O)[C@@H](C)O)C(C)C. The number of nitrogens with one attached hydrogen (secondary N) is 16. The molecule has 13 atom stereocenters. The van der Waals surface area contributed by atoms with Crippen molar-refractivity contribution < 1.29 is 144 Å². The van der Waals surface area contributed by atoms with Crippen LogP contribution in [0.3, 0.4) is 0 Å². The number of hydrogen-bond acceptors (Lipinski definition) is 29. The van der Waals surface area contributed by atoms with Gasteiger partial charge in [0.05, 0.1) is 111 Å². The van der Waals surface area contributed by atoms with Crippen molar-refractivity contribution in [1.82, 2.24) is 84.4 Å². The summed E-state index contributed by atoms with van der Waals surface area (Å²) in [5.41, 5.74) is 7.62. The summed E-state index contributed by atoms with van der Waals surface area (Å²) in [5.74, 6) is -23.8. The van der Waals surface area contributed by atoms with Crippen molar-refractivity contribution in [2.75, 3.05) is 104 Å². The van der Waals surface area contributed by atoms with Crippen LogP contribution in [0.25, 0.3) is 21.8 Å². The van der Waals surface area contributed by atoms with Gasteiger partial charge >= 0.3 is 23.9 Å². The Hall–Kier alpha value is -12.5. The van der Waals surface area contributed by atoms with Crippen LogP contribution in [0.5, 0.6) is 5.75 Å². The number of carboxylic acids is 3. The van der Waals surface area contributed by atoms with Gasteiger partial charge in [0.1, 0.15) is 66.5 Å². The zero-order chi connectivity index (χ0) is 104. The topological polar surface area (TPSA) is 679 Å². The molecule has 0 saturated heterocycles. The molecular weight excluding hydrogens is 1880 g/mol. The van der Waals surface area contributed by atoms with Crippen molar-refractivity contribution in [3.8, 4) is 5.75 Å². The molecule has 0 spiro atoms. The fraction of sp³-hybridized carbons (Fsp3) is 0.560. The molecule has 0 saturated carbocycles. The predicted molar refractivity (Wildman–Crippen MR) is 509 cm³/mol. The van der Waals surface area contributed by atoms with Gasteiger partial charge in [-0.25, -0.2) is 9.18 Å². The summed E-state index contributed by atoms with van der Waals surface area (Å²) in [6, 6.07) is -2.56. The van der Waals surface area contributed by atoms with Gasteiger partial charge in [-0.2, -0.15) is 25.3 Å². The first kappa shape index (κ1) is 118. The van der Waals surface area contributed by atoms with Crippen LogP contribution in [0.15, 0.2) is 79.1 Å². The smallest absolute Gasteiger partial charge is 0.328 e. The Morgan fingerprint density at radius 3 is 1.30 bits per heavy atom. The highest BCUT2D eigenvalue weighted by Crippen LogP contribution is 2.24.